The minimum atomic E-state index is -0.399. The average Bonchev–Trinajstić information content (AvgIpc) is 2.64. The maximum Gasteiger partial charge on any atom is 0.173 e. The molecule has 0 bridgehead atoms. The number of nitrogens with one attached hydrogen (secondary N) is 1. The topological polar surface area (TPSA) is 48.0 Å². The summed E-state index contributed by atoms with van der Waals surface area (Å²) in [7, 11) is 1.50. The van der Waals surface area contributed by atoms with Gasteiger partial charge in [0.15, 0.2) is 5.11 Å². The van der Waals surface area contributed by atoms with Gasteiger partial charge in [0.1, 0.15) is 17.3 Å². The lowest BCUT2D eigenvalue weighted by atomic mass is 10.2. The highest BCUT2D eigenvalue weighted by Crippen LogP contribution is 2.22. The monoisotopic (exact) mass is 361 g/mol. The summed E-state index contributed by atoms with van der Waals surface area (Å²) in [6, 6.07) is 11.8. The van der Waals surface area contributed by atoms with Crippen LogP contribution in [0, 0.1) is 5.82 Å². The third kappa shape index (κ3) is 4.11. The highest BCUT2D eigenvalue weighted by molar-refractivity contribution is 7.80. The molecule has 0 amide bonds. The molecule has 132 valence electrons. The van der Waals surface area contributed by atoms with Crippen LogP contribution in [0.5, 0.6) is 11.5 Å². The fourth-order valence-electron chi connectivity index (χ4n) is 2.75. The van der Waals surface area contributed by atoms with Crippen LogP contribution >= 0.6 is 12.2 Å². The number of anilines is 2. The summed E-state index contributed by atoms with van der Waals surface area (Å²) < 4.78 is 19.0. The smallest absolute Gasteiger partial charge is 0.173 e. The van der Waals surface area contributed by atoms with Crippen molar-refractivity contribution in [2.75, 3.05) is 43.5 Å². The number of rotatable bonds is 3. The van der Waals surface area contributed by atoms with E-state index in [2.05, 4.69) is 10.2 Å². The number of benzene rings is 2. The maximum absolute atomic E-state index is 14.0. The molecule has 25 heavy (non-hydrogen) atoms. The quantitative estimate of drug-likeness (QED) is 0.820. The molecule has 0 saturated carbocycles. The van der Waals surface area contributed by atoms with Gasteiger partial charge in [-0.2, -0.15) is 0 Å². The zero-order valence-corrected chi connectivity index (χ0v) is 14.7. The third-order valence-electron chi connectivity index (χ3n) is 4.20. The zero-order chi connectivity index (χ0) is 17.8. The molecule has 0 aromatic heterocycles. The van der Waals surface area contributed by atoms with Gasteiger partial charge >= 0.3 is 0 Å². The second-order valence-corrected chi connectivity index (χ2v) is 6.15. The number of phenols is 1. The van der Waals surface area contributed by atoms with Crippen molar-refractivity contribution in [2.45, 2.75) is 0 Å². The highest BCUT2D eigenvalue weighted by Gasteiger charge is 2.20. The fourth-order valence-corrected chi connectivity index (χ4v) is 3.04. The Morgan fingerprint density at radius 2 is 1.80 bits per heavy atom. The van der Waals surface area contributed by atoms with Gasteiger partial charge in [0.05, 0.1) is 12.8 Å². The van der Waals surface area contributed by atoms with Crippen LogP contribution in [0.1, 0.15) is 0 Å². The number of nitrogens with zero attached hydrogens (tertiary/aromatic N) is 2. The maximum atomic E-state index is 14.0. The standard InChI is InChI=1S/C18H20FN3O2S/c1-24-15-6-7-17(16(19)12-15)20-18(25)22-10-8-21(9-11-22)13-2-4-14(23)5-3-13/h2-7,12,23H,8-11H2,1H3,(H,20,25). The Hall–Kier alpha value is -2.54. The van der Waals surface area contributed by atoms with E-state index >= 15 is 0 Å². The molecule has 5 nitrogen and oxygen atoms in total. The summed E-state index contributed by atoms with van der Waals surface area (Å²) in [4.78, 5) is 4.25. The summed E-state index contributed by atoms with van der Waals surface area (Å²) in [6.45, 7) is 3.09. The molecule has 3 rings (SSSR count). The number of methoxy groups -OCH3 is 1. The number of hydrogen-bond acceptors (Lipinski definition) is 4. The van der Waals surface area contributed by atoms with Gasteiger partial charge < -0.3 is 25.0 Å². The summed E-state index contributed by atoms with van der Waals surface area (Å²) in [5.41, 5.74) is 1.41. The lowest BCUT2D eigenvalue weighted by Crippen LogP contribution is -2.50. The summed E-state index contributed by atoms with van der Waals surface area (Å²) in [5.74, 6) is 0.329. The van der Waals surface area contributed by atoms with Crippen LogP contribution in [0.2, 0.25) is 0 Å². The zero-order valence-electron chi connectivity index (χ0n) is 13.9. The minimum Gasteiger partial charge on any atom is -0.508 e. The van der Waals surface area contributed by atoms with E-state index in [0.29, 0.717) is 16.5 Å². The number of piperazine rings is 1. The lowest BCUT2D eigenvalue weighted by Gasteiger charge is -2.37. The van der Waals surface area contributed by atoms with Gasteiger partial charge in [-0.25, -0.2) is 4.39 Å². The Morgan fingerprint density at radius 1 is 1.12 bits per heavy atom. The molecular weight excluding hydrogens is 341 g/mol. The molecular formula is C18H20FN3O2S. The number of thiocarbonyl (C=S) groups is 1. The lowest BCUT2D eigenvalue weighted by molar-refractivity contribution is 0.390. The molecule has 1 heterocycles. The third-order valence-corrected chi connectivity index (χ3v) is 4.56. The van der Waals surface area contributed by atoms with E-state index in [0.717, 1.165) is 31.9 Å². The number of phenolic OH excluding ortho intramolecular Hbond substituents is 1. The number of halogens is 1. The van der Waals surface area contributed by atoms with E-state index in [1.54, 1.807) is 24.3 Å². The van der Waals surface area contributed by atoms with E-state index in [-0.39, 0.29) is 5.75 Å². The van der Waals surface area contributed by atoms with Crippen LogP contribution in [0.25, 0.3) is 0 Å². The van der Waals surface area contributed by atoms with Crippen LogP contribution in [-0.4, -0.2) is 48.4 Å². The fraction of sp³-hybridized carbons (Fsp3) is 0.278. The van der Waals surface area contributed by atoms with Crippen molar-refractivity contribution in [3.8, 4) is 11.5 Å². The molecule has 0 aliphatic carbocycles. The first-order valence-electron chi connectivity index (χ1n) is 8.00. The van der Waals surface area contributed by atoms with Crippen LogP contribution in [-0.2, 0) is 0 Å². The van der Waals surface area contributed by atoms with Gasteiger partial charge in [0.2, 0.25) is 0 Å². The molecule has 0 spiro atoms. The molecule has 2 N–H and O–H groups in total. The minimum absolute atomic E-state index is 0.259. The van der Waals surface area contributed by atoms with Crippen LogP contribution < -0.4 is 15.0 Å². The van der Waals surface area contributed by atoms with Crippen molar-refractivity contribution in [1.29, 1.82) is 0 Å². The van der Waals surface area contributed by atoms with Crippen molar-refractivity contribution >= 4 is 28.7 Å². The number of aromatic hydroxyl groups is 1. The van der Waals surface area contributed by atoms with Crippen LogP contribution in [0.4, 0.5) is 15.8 Å². The SMILES string of the molecule is COc1ccc(NC(=S)N2CCN(c3ccc(O)cc3)CC2)c(F)c1. The molecule has 2 aromatic carbocycles. The molecule has 1 fully saturated rings. The first-order valence-corrected chi connectivity index (χ1v) is 8.41. The van der Waals surface area contributed by atoms with Gasteiger partial charge in [-0.05, 0) is 48.6 Å². The Labute approximate surface area is 151 Å². The molecule has 0 unspecified atom stereocenters. The second-order valence-electron chi connectivity index (χ2n) is 5.77. The molecule has 0 radical (unpaired) electrons. The Balaban J connectivity index is 1.57. The van der Waals surface area contributed by atoms with E-state index in [1.807, 2.05) is 17.0 Å². The average molecular weight is 361 g/mol. The molecule has 0 atom stereocenters. The van der Waals surface area contributed by atoms with Crippen LogP contribution in [0.15, 0.2) is 42.5 Å². The first kappa shape index (κ1) is 17.3. The van der Waals surface area contributed by atoms with Gasteiger partial charge in [-0.3, -0.25) is 0 Å². The van der Waals surface area contributed by atoms with Gasteiger partial charge in [-0.15, -0.1) is 0 Å². The van der Waals surface area contributed by atoms with Gasteiger partial charge in [-0.1, -0.05) is 0 Å². The van der Waals surface area contributed by atoms with E-state index in [1.165, 1.54) is 13.2 Å². The summed E-state index contributed by atoms with van der Waals surface area (Å²) in [5, 5.41) is 12.9. The van der Waals surface area contributed by atoms with Crippen molar-refractivity contribution in [3.05, 3.63) is 48.3 Å². The Kier molecular flexibility index (Phi) is 5.23. The molecule has 1 aliphatic heterocycles. The molecule has 2 aromatic rings. The first-order chi connectivity index (χ1) is 12.1. The van der Waals surface area contributed by atoms with Crippen molar-refractivity contribution < 1.29 is 14.2 Å². The largest absolute Gasteiger partial charge is 0.508 e. The summed E-state index contributed by atoms with van der Waals surface area (Å²) >= 11 is 5.41. The van der Waals surface area contributed by atoms with Gasteiger partial charge in [0.25, 0.3) is 0 Å². The number of hydrogen-bond donors (Lipinski definition) is 2. The summed E-state index contributed by atoms with van der Waals surface area (Å²) in [6.07, 6.45) is 0. The molecule has 1 saturated heterocycles. The highest BCUT2D eigenvalue weighted by atomic mass is 32.1. The Bertz CT molecular complexity index is 746. The van der Waals surface area contributed by atoms with Crippen molar-refractivity contribution in [1.82, 2.24) is 4.90 Å². The van der Waals surface area contributed by atoms with E-state index in [9.17, 15) is 9.50 Å². The Morgan fingerprint density at radius 3 is 2.40 bits per heavy atom. The molecule has 1 aliphatic rings. The van der Waals surface area contributed by atoms with Crippen molar-refractivity contribution in [2.24, 2.45) is 0 Å². The predicted octanol–water partition coefficient (Wildman–Crippen LogP) is 3.06. The predicted molar refractivity (Wildman–Crippen MR) is 101 cm³/mol. The normalized spacial score (nSPS) is 14.3. The van der Waals surface area contributed by atoms with Crippen molar-refractivity contribution in [3.63, 3.8) is 0 Å². The molecule has 7 heteroatoms. The van der Waals surface area contributed by atoms with Gasteiger partial charge in [0, 0.05) is 37.9 Å². The van der Waals surface area contributed by atoms with Crippen LogP contribution in [0.3, 0.4) is 0 Å². The second kappa shape index (κ2) is 7.57. The van der Waals surface area contributed by atoms with E-state index in [4.69, 9.17) is 17.0 Å². The number of ether oxygens (including phenoxy) is 1. The van der Waals surface area contributed by atoms with E-state index < -0.39 is 5.82 Å².